The van der Waals surface area contributed by atoms with Crippen LogP contribution in [-0.4, -0.2) is 36.0 Å². The number of phenolic OH excluding ortho intramolecular Hbond substituents is 1. The number of phenols is 1. The molecule has 0 aliphatic heterocycles. The summed E-state index contributed by atoms with van der Waals surface area (Å²) in [6.07, 6.45) is 0.224. The predicted octanol–water partition coefficient (Wildman–Crippen LogP) is 4.55. The van der Waals surface area contributed by atoms with Crippen LogP contribution in [-0.2, 0) is 17.8 Å². The van der Waals surface area contributed by atoms with Crippen LogP contribution in [0.5, 0.6) is 11.5 Å². The van der Waals surface area contributed by atoms with E-state index < -0.39 is 6.10 Å². The lowest BCUT2D eigenvalue weighted by Crippen LogP contribution is -2.34. The van der Waals surface area contributed by atoms with Gasteiger partial charge in [0.2, 0.25) is 0 Å². The van der Waals surface area contributed by atoms with Gasteiger partial charge < -0.3 is 25.0 Å². The first-order chi connectivity index (χ1) is 15.5. The second-order valence-corrected chi connectivity index (χ2v) is 8.01. The first-order valence-electron chi connectivity index (χ1n) is 11.1. The van der Waals surface area contributed by atoms with E-state index in [1.165, 1.54) is 5.56 Å². The maximum Gasteiger partial charge on any atom is 0.119 e. The van der Waals surface area contributed by atoms with Crippen molar-refractivity contribution in [3.05, 3.63) is 95.1 Å². The number of nitrogens with one attached hydrogen (secondary N) is 1. The van der Waals surface area contributed by atoms with Gasteiger partial charge in [-0.25, -0.2) is 0 Å². The lowest BCUT2D eigenvalue weighted by atomic mass is 9.98. The molecule has 2 atom stereocenters. The van der Waals surface area contributed by atoms with Crippen LogP contribution in [0.2, 0.25) is 0 Å². The zero-order chi connectivity index (χ0) is 22.8. The van der Waals surface area contributed by atoms with E-state index in [0.29, 0.717) is 19.8 Å². The van der Waals surface area contributed by atoms with Gasteiger partial charge in [-0.3, -0.25) is 0 Å². The number of benzene rings is 3. The number of aliphatic hydroxyl groups is 1. The normalized spacial score (nSPS) is 13.0. The lowest BCUT2D eigenvalue weighted by Gasteiger charge is -2.22. The van der Waals surface area contributed by atoms with Crippen molar-refractivity contribution in [2.24, 2.45) is 0 Å². The van der Waals surface area contributed by atoms with Crippen LogP contribution in [0.1, 0.15) is 35.3 Å². The Hall–Kier alpha value is -2.86. The summed E-state index contributed by atoms with van der Waals surface area (Å²) >= 11 is 0. The van der Waals surface area contributed by atoms with E-state index in [4.69, 9.17) is 9.47 Å². The van der Waals surface area contributed by atoms with Crippen LogP contribution in [0.3, 0.4) is 0 Å². The Balaban J connectivity index is 1.34. The van der Waals surface area contributed by atoms with Gasteiger partial charge in [-0.1, -0.05) is 48.5 Å². The Labute approximate surface area is 190 Å². The summed E-state index contributed by atoms with van der Waals surface area (Å²) in [6, 6.07) is 23.1. The van der Waals surface area contributed by atoms with Gasteiger partial charge in [-0.2, -0.15) is 0 Å². The van der Waals surface area contributed by atoms with E-state index in [-0.39, 0.29) is 11.8 Å². The van der Waals surface area contributed by atoms with Crippen molar-refractivity contribution in [3.63, 3.8) is 0 Å². The molecule has 3 rings (SSSR count). The van der Waals surface area contributed by atoms with Crippen LogP contribution < -0.4 is 10.1 Å². The fourth-order valence-electron chi connectivity index (χ4n) is 3.55. The van der Waals surface area contributed by atoms with Crippen molar-refractivity contribution < 1.29 is 19.7 Å². The van der Waals surface area contributed by atoms with E-state index >= 15 is 0 Å². The van der Waals surface area contributed by atoms with Crippen LogP contribution in [0.25, 0.3) is 0 Å². The number of aliphatic hydroxyl groups excluding tert-OH is 1. The van der Waals surface area contributed by atoms with Gasteiger partial charge in [0.25, 0.3) is 0 Å². The summed E-state index contributed by atoms with van der Waals surface area (Å²) in [6.45, 7) is 6.26. The van der Waals surface area contributed by atoms with Crippen molar-refractivity contribution >= 4 is 0 Å². The molecule has 3 N–H and O–H groups in total. The SMILES string of the molecule is Cc1cc(O)ccc1[C@@H](O)[C@H](C)NCCc1ccc(OCCOCc2ccccc2)cc1. The first kappa shape index (κ1) is 23.8. The van der Waals surface area contributed by atoms with Crippen LogP contribution >= 0.6 is 0 Å². The minimum Gasteiger partial charge on any atom is -0.508 e. The highest BCUT2D eigenvalue weighted by molar-refractivity contribution is 5.35. The Bertz CT molecular complexity index is 944. The van der Waals surface area contributed by atoms with E-state index in [1.807, 2.05) is 56.3 Å². The molecule has 5 heteroatoms. The van der Waals surface area contributed by atoms with Crippen LogP contribution in [0.15, 0.2) is 72.8 Å². The van der Waals surface area contributed by atoms with Gasteiger partial charge in [0, 0.05) is 6.04 Å². The van der Waals surface area contributed by atoms with Gasteiger partial charge >= 0.3 is 0 Å². The minimum atomic E-state index is -0.629. The summed E-state index contributed by atoms with van der Waals surface area (Å²) in [5.74, 6) is 1.04. The molecule has 0 bridgehead atoms. The molecule has 170 valence electrons. The standard InChI is InChI=1S/C27H33NO4/c1-20-18-24(29)10-13-26(20)27(30)21(2)28-15-14-22-8-11-25(12-9-22)32-17-16-31-19-23-6-4-3-5-7-23/h3-13,18,21,27-30H,14-17,19H2,1-2H3/t21-,27-/m0/s1. The second kappa shape index (κ2) is 12.2. The lowest BCUT2D eigenvalue weighted by molar-refractivity contribution is 0.0889. The molecule has 0 radical (unpaired) electrons. The summed E-state index contributed by atoms with van der Waals surface area (Å²) < 4.78 is 11.4. The molecule has 3 aromatic rings. The van der Waals surface area contributed by atoms with Gasteiger partial charge in [0.05, 0.1) is 19.3 Å². The minimum absolute atomic E-state index is 0.100. The smallest absolute Gasteiger partial charge is 0.119 e. The second-order valence-electron chi connectivity index (χ2n) is 8.01. The summed E-state index contributed by atoms with van der Waals surface area (Å²) in [5, 5.41) is 23.5. The molecule has 0 heterocycles. The Morgan fingerprint density at radius 1 is 0.906 bits per heavy atom. The van der Waals surface area contributed by atoms with Gasteiger partial charge in [-0.05, 0) is 73.3 Å². The van der Waals surface area contributed by atoms with Crippen molar-refractivity contribution in [3.8, 4) is 11.5 Å². The third-order valence-corrected chi connectivity index (χ3v) is 5.46. The predicted molar refractivity (Wildman–Crippen MR) is 127 cm³/mol. The molecule has 32 heavy (non-hydrogen) atoms. The van der Waals surface area contributed by atoms with E-state index in [0.717, 1.165) is 35.4 Å². The number of aromatic hydroxyl groups is 1. The van der Waals surface area contributed by atoms with Crippen LogP contribution in [0, 0.1) is 6.92 Å². The zero-order valence-corrected chi connectivity index (χ0v) is 18.8. The van der Waals surface area contributed by atoms with Crippen LogP contribution in [0.4, 0.5) is 0 Å². The Morgan fingerprint density at radius 3 is 2.38 bits per heavy atom. The average Bonchev–Trinajstić information content (AvgIpc) is 2.80. The fraction of sp³-hybridized carbons (Fsp3) is 0.333. The third kappa shape index (κ3) is 7.38. The van der Waals surface area contributed by atoms with Crippen molar-refractivity contribution in [2.75, 3.05) is 19.8 Å². The molecule has 0 saturated heterocycles. The van der Waals surface area contributed by atoms with Crippen molar-refractivity contribution in [1.29, 1.82) is 0 Å². The molecule has 3 aromatic carbocycles. The largest absolute Gasteiger partial charge is 0.508 e. The molecule has 0 aliphatic carbocycles. The number of hydrogen-bond donors (Lipinski definition) is 3. The number of rotatable bonds is 12. The van der Waals surface area contributed by atoms with Gasteiger partial charge in [0.15, 0.2) is 0 Å². The first-order valence-corrected chi connectivity index (χ1v) is 11.1. The fourth-order valence-corrected chi connectivity index (χ4v) is 3.55. The quantitative estimate of drug-likeness (QED) is 0.364. The molecule has 0 unspecified atom stereocenters. The molecule has 0 aromatic heterocycles. The Morgan fingerprint density at radius 2 is 1.66 bits per heavy atom. The maximum absolute atomic E-state index is 10.6. The molecular formula is C27H33NO4. The number of ether oxygens (including phenoxy) is 2. The van der Waals surface area contributed by atoms with Gasteiger partial charge in [0.1, 0.15) is 18.1 Å². The van der Waals surface area contributed by atoms with E-state index in [2.05, 4.69) is 17.4 Å². The highest BCUT2D eigenvalue weighted by atomic mass is 16.5. The summed E-state index contributed by atoms with van der Waals surface area (Å²) in [4.78, 5) is 0. The van der Waals surface area contributed by atoms with E-state index in [9.17, 15) is 10.2 Å². The molecule has 0 aliphatic rings. The molecule has 0 spiro atoms. The molecular weight excluding hydrogens is 402 g/mol. The molecule has 0 saturated carbocycles. The number of hydrogen-bond acceptors (Lipinski definition) is 5. The summed E-state index contributed by atoms with van der Waals surface area (Å²) in [5.41, 5.74) is 4.07. The molecule has 5 nitrogen and oxygen atoms in total. The zero-order valence-electron chi connectivity index (χ0n) is 18.8. The topological polar surface area (TPSA) is 71.0 Å². The summed E-state index contributed by atoms with van der Waals surface area (Å²) in [7, 11) is 0. The average molecular weight is 436 g/mol. The van der Waals surface area contributed by atoms with Gasteiger partial charge in [-0.15, -0.1) is 0 Å². The van der Waals surface area contributed by atoms with Crippen molar-refractivity contribution in [2.45, 2.75) is 39.0 Å². The number of aryl methyl sites for hydroxylation is 1. The third-order valence-electron chi connectivity index (χ3n) is 5.46. The maximum atomic E-state index is 10.6. The highest BCUT2D eigenvalue weighted by Gasteiger charge is 2.17. The van der Waals surface area contributed by atoms with E-state index in [1.54, 1.807) is 18.2 Å². The Kier molecular flexibility index (Phi) is 9.11. The van der Waals surface area contributed by atoms with Crippen molar-refractivity contribution in [1.82, 2.24) is 5.32 Å². The molecule has 0 amide bonds. The monoisotopic (exact) mass is 435 g/mol. The highest BCUT2D eigenvalue weighted by Crippen LogP contribution is 2.24. The molecule has 0 fully saturated rings.